The number of rotatable bonds is 17. The molecule has 1 saturated heterocycles. The van der Waals surface area contributed by atoms with E-state index in [1.807, 2.05) is 82.3 Å². The Hall–Kier alpha value is -2.53. The van der Waals surface area contributed by atoms with E-state index < -0.39 is 11.2 Å². The van der Waals surface area contributed by atoms with Gasteiger partial charge in [0.2, 0.25) is 10.9 Å². The van der Waals surface area contributed by atoms with Crippen molar-refractivity contribution in [1.29, 1.82) is 0 Å². The molecule has 1 aliphatic rings. The smallest absolute Gasteiger partial charge is 0.237 e. The molecule has 2 aromatic carbocycles. The summed E-state index contributed by atoms with van der Waals surface area (Å²) in [4.78, 5) is 25.5. The summed E-state index contributed by atoms with van der Waals surface area (Å²) in [6, 6.07) is 17.6. The molecule has 0 saturated carbocycles. The van der Waals surface area contributed by atoms with Crippen LogP contribution in [0.15, 0.2) is 66.7 Å². The number of Topliss-reactive ketones (excluding diaryl/α,β-unsaturated/α-hetero) is 1. The van der Waals surface area contributed by atoms with Crippen molar-refractivity contribution in [2.75, 3.05) is 26.8 Å². The Morgan fingerprint density at radius 2 is 1.77 bits per heavy atom. The summed E-state index contributed by atoms with van der Waals surface area (Å²) >= 11 is 1.21. The van der Waals surface area contributed by atoms with Crippen molar-refractivity contribution in [3.05, 3.63) is 77.9 Å². The molecule has 9 heteroatoms. The summed E-state index contributed by atoms with van der Waals surface area (Å²) in [7, 11) is 3.11. The predicted octanol–water partition coefficient (Wildman–Crippen LogP) is 6.50. The van der Waals surface area contributed by atoms with Crippen LogP contribution in [0.5, 0.6) is 5.75 Å². The number of thioether (sulfide) groups is 1. The topological polar surface area (TPSA) is 89.5 Å². The number of methoxy groups -OCH3 is 2. The van der Waals surface area contributed by atoms with Gasteiger partial charge in [0, 0.05) is 25.4 Å². The first-order chi connectivity index (χ1) is 20.6. The molecular weight excluding hydrogens is 568 g/mol. The minimum absolute atomic E-state index is 0.0749. The normalized spacial score (nSPS) is 20.7. The van der Waals surface area contributed by atoms with E-state index in [4.69, 9.17) is 28.4 Å². The van der Waals surface area contributed by atoms with E-state index in [9.17, 15) is 9.59 Å². The lowest BCUT2D eigenvalue weighted by Gasteiger charge is -2.47. The molecule has 0 unspecified atom stereocenters. The molecule has 0 radical (unpaired) electrons. The van der Waals surface area contributed by atoms with Crippen LogP contribution in [-0.4, -0.2) is 61.8 Å². The van der Waals surface area contributed by atoms with Gasteiger partial charge in [-0.05, 0) is 48.4 Å². The van der Waals surface area contributed by atoms with E-state index >= 15 is 0 Å². The van der Waals surface area contributed by atoms with Gasteiger partial charge in [0.15, 0.2) is 5.78 Å². The van der Waals surface area contributed by atoms with Crippen LogP contribution in [0, 0.1) is 5.41 Å². The molecule has 0 N–H and O–H groups in total. The van der Waals surface area contributed by atoms with E-state index in [-0.39, 0.29) is 42.4 Å². The Labute approximate surface area is 260 Å². The second-order valence-electron chi connectivity index (χ2n) is 11.1. The highest BCUT2D eigenvalue weighted by molar-refractivity contribution is 8.14. The van der Waals surface area contributed by atoms with Gasteiger partial charge in [0.25, 0.3) is 0 Å². The lowest BCUT2D eigenvalue weighted by atomic mass is 9.77. The van der Waals surface area contributed by atoms with Crippen molar-refractivity contribution in [2.24, 2.45) is 5.41 Å². The molecule has 236 valence electrons. The molecular formula is C34H46O8S. The molecule has 8 nitrogen and oxygen atoms in total. The zero-order valence-electron chi connectivity index (χ0n) is 26.2. The van der Waals surface area contributed by atoms with Crippen LogP contribution in [0.25, 0.3) is 0 Å². The third-order valence-corrected chi connectivity index (χ3v) is 8.33. The number of carbonyl (C=O) groups excluding carboxylic acids is 2. The number of ketones is 1. The van der Waals surface area contributed by atoms with Crippen LogP contribution in [0.1, 0.15) is 58.1 Å². The molecule has 1 aliphatic heterocycles. The van der Waals surface area contributed by atoms with Crippen LogP contribution in [-0.2, 0) is 46.5 Å². The Kier molecular flexibility index (Phi) is 13.9. The molecule has 0 amide bonds. The van der Waals surface area contributed by atoms with E-state index in [0.29, 0.717) is 31.8 Å². The van der Waals surface area contributed by atoms with Crippen molar-refractivity contribution >= 4 is 22.7 Å². The number of hydrogen-bond acceptors (Lipinski definition) is 9. The van der Waals surface area contributed by atoms with Gasteiger partial charge in [-0.15, -0.1) is 0 Å². The Morgan fingerprint density at radius 3 is 2.42 bits per heavy atom. The van der Waals surface area contributed by atoms with Crippen molar-refractivity contribution in [3.63, 3.8) is 0 Å². The number of benzene rings is 2. The Morgan fingerprint density at radius 1 is 1.07 bits per heavy atom. The second kappa shape index (κ2) is 17.1. The highest BCUT2D eigenvalue weighted by Gasteiger charge is 2.55. The molecule has 1 fully saturated rings. The minimum Gasteiger partial charge on any atom is -0.497 e. The number of hydrogen-bond donors (Lipinski definition) is 0. The Balaban J connectivity index is 1.72. The van der Waals surface area contributed by atoms with Crippen LogP contribution in [0.2, 0.25) is 0 Å². The Bertz CT molecular complexity index is 1170. The third kappa shape index (κ3) is 9.99. The largest absolute Gasteiger partial charge is 0.497 e. The maximum absolute atomic E-state index is 13.3. The van der Waals surface area contributed by atoms with Crippen molar-refractivity contribution in [3.8, 4) is 5.75 Å². The zero-order valence-corrected chi connectivity index (χ0v) is 27.0. The first kappa shape index (κ1) is 35.0. The molecule has 43 heavy (non-hydrogen) atoms. The molecule has 3 rings (SSSR count). The van der Waals surface area contributed by atoms with Gasteiger partial charge in [-0.2, -0.15) is 0 Å². The lowest BCUT2D eigenvalue weighted by Crippen LogP contribution is -2.59. The van der Waals surface area contributed by atoms with Gasteiger partial charge in [0.05, 0.1) is 38.6 Å². The maximum atomic E-state index is 13.3. The summed E-state index contributed by atoms with van der Waals surface area (Å²) < 4.78 is 35.9. The minimum atomic E-state index is -1.53. The van der Waals surface area contributed by atoms with E-state index in [1.54, 1.807) is 13.2 Å². The van der Waals surface area contributed by atoms with Gasteiger partial charge in [-0.1, -0.05) is 81.1 Å². The van der Waals surface area contributed by atoms with Gasteiger partial charge in [0.1, 0.15) is 12.5 Å². The first-order valence-electron chi connectivity index (χ1n) is 14.7. The van der Waals surface area contributed by atoms with Gasteiger partial charge >= 0.3 is 0 Å². The van der Waals surface area contributed by atoms with Crippen LogP contribution >= 0.6 is 11.8 Å². The summed E-state index contributed by atoms with van der Waals surface area (Å²) in [5, 5.41) is -0.0749. The fourth-order valence-corrected chi connectivity index (χ4v) is 5.52. The highest BCUT2D eigenvalue weighted by atomic mass is 32.2. The molecule has 0 aromatic heterocycles. The summed E-state index contributed by atoms with van der Waals surface area (Å²) in [5.41, 5.74) is 1.16. The van der Waals surface area contributed by atoms with Crippen LogP contribution in [0.4, 0.5) is 0 Å². The van der Waals surface area contributed by atoms with E-state index in [1.165, 1.54) is 24.9 Å². The fourth-order valence-electron chi connectivity index (χ4n) is 5.07. The number of carbonyl (C=O) groups is 2. The third-order valence-electron chi connectivity index (χ3n) is 7.62. The fraction of sp³-hybridized carbons (Fsp3) is 0.529. The molecule has 4 atom stereocenters. The average Bonchev–Trinajstić information content (AvgIpc) is 3.02. The monoisotopic (exact) mass is 614 g/mol. The molecule has 1 heterocycles. The van der Waals surface area contributed by atoms with Crippen molar-refractivity contribution < 1.29 is 38.0 Å². The van der Waals surface area contributed by atoms with Crippen molar-refractivity contribution in [2.45, 2.75) is 84.3 Å². The summed E-state index contributed by atoms with van der Waals surface area (Å²) in [6.45, 7) is 8.48. The second-order valence-corrected chi connectivity index (χ2v) is 12.4. The SMILES string of the molecule is CCSC(=O)/C=C/C(C)(C)[C@]1(OC)O[C@H](C[C@@H](OCc2ccc(OC)cc2)[C@@H](C)OCOCc2ccccc2)CCC1=O. The highest BCUT2D eigenvalue weighted by Crippen LogP contribution is 2.43. The van der Waals surface area contributed by atoms with Gasteiger partial charge in [-0.25, -0.2) is 0 Å². The first-order valence-corrected chi connectivity index (χ1v) is 15.7. The van der Waals surface area contributed by atoms with Gasteiger partial charge in [-0.3, -0.25) is 9.59 Å². The lowest BCUT2D eigenvalue weighted by molar-refractivity contribution is -0.286. The predicted molar refractivity (Wildman–Crippen MR) is 168 cm³/mol. The molecule has 0 spiro atoms. The standard InChI is InChI=1S/C34H46O8S/c1-7-43-32(36)19-20-33(3,4)34(38-6)31(35)18-17-29(42-34)21-30(40-23-27-13-15-28(37-5)16-14-27)25(2)41-24-39-22-26-11-9-8-10-12-26/h8-16,19-20,25,29-30H,7,17-18,21-24H2,1-6H3/b20-19+/t25-,29+,30-,34-/m1/s1. The number of ether oxygens (including phenoxy) is 6. The van der Waals surface area contributed by atoms with Crippen LogP contribution in [0.3, 0.4) is 0 Å². The zero-order chi connectivity index (χ0) is 31.3. The van der Waals surface area contributed by atoms with Gasteiger partial charge < -0.3 is 28.4 Å². The maximum Gasteiger partial charge on any atom is 0.237 e. The van der Waals surface area contributed by atoms with E-state index in [0.717, 1.165) is 16.9 Å². The average molecular weight is 615 g/mol. The molecule has 0 bridgehead atoms. The van der Waals surface area contributed by atoms with Crippen LogP contribution < -0.4 is 4.74 Å². The van der Waals surface area contributed by atoms with Crippen molar-refractivity contribution in [1.82, 2.24) is 0 Å². The van der Waals surface area contributed by atoms with E-state index in [2.05, 4.69) is 0 Å². The summed E-state index contributed by atoms with van der Waals surface area (Å²) in [5.74, 6) is -0.236. The molecule has 0 aliphatic carbocycles. The quantitative estimate of drug-likeness (QED) is 0.112. The summed E-state index contributed by atoms with van der Waals surface area (Å²) in [6.07, 6.45) is 3.46. The molecule has 2 aromatic rings.